The summed E-state index contributed by atoms with van der Waals surface area (Å²) in [5, 5.41) is 0. The Labute approximate surface area is 111 Å². The highest BCUT2D eigenvalue weighted by Gasteiger charge is 2.20. The van der Waals surface area contributed by atoms with Crippen LogP contribution in [0.3, 0.4) is 0 Å². The van der Waals surface area contributed by atoms with E-state index in [-0.39, 0.29) is 0 Å². The molecule has 0 fully saturated rings. The van der Waals surface area contributed by atoms with Gasteiger partial charge in [-0.05, 0) is 35.4 Å². The van der Waals surface area contributed by atoms with Crippen molar-refractivity contribution in [2.45, 2.75) is 13.1 Å². The van der Waals surface area contributed by atoms with E-state index in [1.54, 1.807) is 0 Å². The molecule has 4 rings (SSSR count). The molecule has 0 bridgehead atoms. The minimum absolute atomic E-state index is 0.835. The van der Waals surface area contributed by atoms with Crippen LogP contribution in [0.15, 0.2) is 48.8 Å². The zero-order chi connectivity index (χ0) is 12.8. The molecule has 0 spiro atoms. The van der Waals surface area contributed by atoms with Gasteiger partial charge in [-0.2, -0.15) is 0 Å². The molecule has 0 amide bonds. The molecule has 0 unspecified atom stereocenters. The maximum Gasteiger partial charge on any atom is 0.138 e. The van der Waals surface area contributed by atoms with E-state index in [2.05, 4.69) is 38.6 Å². The van der Waals surface area contributed by atoms with Gasteiger partial charge in [-0.15, -0.1) is 0 Å². The van der Waals surface area contributed by atoms with Gasteiger partial charge < -0.3 is 10.6 Å². The Morgan fingerprint density at radius 3 is 2.89 bits per heavy atom. The van der Waals surface area contributed by atoms with Crippen LogP contribution in [-0.2, 0) is 13.1 Å². The second kappa shape index (κ2) is 3.75. The Hall–Kier alpha value is -2.49. The summed E-state index contributed by atoms with van der Waals surface area (Å²) in [6.07, 6.45) is 3.84. The van der Waals surface area contributed by atoms with E-state index in [1.165, 1.54) is 16.9 Å². The van der Waals surface area contributed by atoms with E-state index in [0.717, 1.165) is 24.4 Å². The zero-order valence-electron chi connectivity index (χ0n) is 10.5. The fourth-order valence-corrected chi connectivity index (χ4v) is 2.77. The molecule has 1 aliphatic rings. The third kappa shape index (κ3) is 1.57. The molecule has 4 heteroatoms. The van der Waals surface area contributed by atoms with Crippen LogP contribution in [0.4, 0.5) is 11.5 Å². The average molecular weight is 250 g/mol. The van der Waals surface area contributed by atoms with Crippen LogP contribution in [0.5, 0.6) is 0 Å². The molecular weight excluding hydrogens is 236 g/mol. The number of fused-ring (bicyclic) bond motifs is 2. The van der Waals surface area contributed by atoms with Crippen LogP contribution in [0.2, 0.25) is 0 Å². The lowest BCUT2D eigenvalue weighted by atomic mass is 10.1. The first-order chi connectivity index (χ1) is 9.31. The summed E-state index contributed by atoms with van der Waals surface area (Å²) in [6.45, 7) is 1.82. The van der Waals surface area contributed by atoms with Crippen molar-refractivity contribution in [2.24, 2.45) is 0 Å². The van der Waals surface area contributed by atoms with Gasteiger partial charge in [0.2, 0.25) is 0 Å². The van der Waals surface area contributed by atoms with E-state index in [1.807, 2.05) is 24.5 Å². The highest BCUT2D eigenvalue weighted by Crippen LogP contribution is 2.29. The summed E-state index contributed by atoms with van der Waals surface area (Å²) in [5.74, 6) is 1.17. The lowest BCUT2D eigenvalue weighted by Crippen LogP contribution is -2.17. The van der Waals surface area contributed by atoms with Crippen molar-refractivity contribution in [3.63, 3.8) is 0 Å². The lowest BCUT2D eigenvalue weighted by Gasteiger charge is -2.19. The number of anilines is 2. The molecule has 19 heavy (non-hydrogen) atoms. The Morgan fingerprint density at radius 2 is 1.95 bits per heavy atom. The first-order valence-corrected chi connectivity index (χ1v) is 6.35. The van der Waals surface area contributed by atoms with Crippen LogP contribution in [0.1, 0.15) is 11.1 Å². The van der Waals surface area contributed by atoms with Gasteiger partial charge in [0.25, 0.3) is 0 Å². The van der Waals surface area contributed by atoms with Crippen LogP contribution < -0.4 is 10.6 Å². The maximum absolute atomic E-state index is 5.86. The fraction of sp³-hybridized carbons (Fsp3) is 0.133. The predicted molar refractivity (Wildman–Crippen MR) is 75.9 cm³/mol. The number of benzene rings is 1. The first kappa shape index (κ1) is 10.4. The average Bonchev–Trinajstić information content (AvgIpc) is 3.03. The van der Waals surface area contributed by atoms with Crippen molar-refractivity contribution < 1.29 is 0 Å². The number of imidazole rings is 1. The molecule has 94 valence electrons. The molecule has 0 radical (unpaired) electrons. The van der Waals surface area contributed by atoms with Gasteiger partial charge in [0, 0.05) is 31.2 Å². The Bertz CT molecular complexity index is 760. The highest BCUT2D eigenvalue weighted by molar-refractivity contribution is 5.56. The van der Waals surface area contributed by atoms with Crippen LogP contribution in [0, 0.1) is 0 Å². The zero-order valence-corrected chi connectivity index (χ0v) is 10.5. The SMILES string of the molecule is Nc1ccc2c(c1)CN(c1cccc3nccn13)C2. The minimum atomic E-state index is 0.835. The third-order valence-corrected chi connectivity index (χ3v) is 3.68. The molecule has 2 aromatic heterocycles. The number of hydrogen-bond acceptors (Lipinski definition) is 3. The number of nitrogen functional groups attached to an aromatic ring is 1. The topological polar surface area (TPSA) is 46.6 Å². The van der Waals surface area contributed by atoms with Crippen molar-refractivity contribution in [1.29, 1.82) is 0 Å². The predicted octanol–water partition coefficient (Wildman–Crippen LogP) is 2.44. The molecule has 4 nitrogen and oxygen atoms in total. The van der Waals surface area contributed by atoms with Crippen LogP contribution in [0.25, 0.3) is 5.65 Å². The monoisotopic (exact) mass is 250 g/mol. The molecule has 0 saturated carbocycles. The van der Waals surface area contributed by atoms with Gasteiger partial charge in [0.15, 0.2) is 0 Å². The number of nitrogens with zero attached hydrogens (tertiary/aromatic N) is 3. The Morgan fingerprint density at radius 1 is 1.05 bits per heavy atom. The number of aromatic nitrogens is 2. The van der Waals surface area contributed by atoms with Gasteiger partial charge in [-0.1, -0.05) is 12.1 Å². The smallest absolute Gasteiger partial charge is 0.138 e. The van der Waals surface area contributed by atoms with E-state index in [0.29, 0.717) is 0 Å². The molecular formula is C15H14N4. The molecule has 0 atom stereocenters. The van der Waals surface area contributed by atoms with Gasteiger partial charge in [-0.25, -0.2) is 4.98 Å². The molecule has 2 N–H and O–H groups in total. The van der Waals surface area contributed by atoms with Crippen molar-refractivity contribution in [3.05, 3.63) is 59.9 Å². The summed E-state index contributed by atoms with van der Waals surface area (Å²) in [6, 6.07) is 12.4. The quantitative estimate of drug-likeness (QED) is 0.675. The van der Waals surface area contributed by atoms with Gasteiger partial charge in [-0.3, -0.25) is 4.40 Å². The van der Waals surface area contributed by atoms with Crippen molar-refractivity contribution in [3.8, 4) is 0 Å². The van der Waals surface area contributed by atoms with Gasteiger partial charge in [0.1, 0.15) is 11.5 Å². The van der Waals surface area contributed by atoms with Gasteiger partial charge in [0.05, 0.1) is 0 Å². The molecule has 0 saturated heterocycles. The van der Waals surface area contributed by atoms with Crippen molar-refractivity contribution >= 4 is 17.2 Å². The van der Waals surface area contributed by atoms with Gasteiger partial charge >= 0.3 is 0 Å². The van der Waals surface area contributed by atoms with Crippen molar-refractivity contribution in [2.75, 3.05) is 10.6 Å². The Balaban J connectivity index is 1.78. The molecule has 3 aromatic rings. The second-order valence-corrected chi connectivity index (χ2v) is 4.92. The fourth-order valence-electron chi connectivity index (χ4n) is 2.77. The Kier molecular flexibility index (Phi) is 2.06. The summed E-state index contributed by atoms with van der Waals surface area (Å²) < 4.78 is 2.12. The van der Waals surface area contributed by atoms with Crippen LogP contribution in [-0.4, -0.2) is 9.38 Å². The summed E-state index contributed by atoms with van der Waals surface area (Å²) in [4.78, 5) is 6.68. The van der Waals surface area contributed by atoms with E-state index >= 15 is 0 Å². The number of nitrogens with two attached hydrogens (primary N) is 1. The number of pyridine rings is 1. The largest absolute Gasteiger partial charge is 0.399 e. The minimum Gasteiger partial charge on any atom is -0.399 e. The molecule has 1 aromatic carbocycles. The number of rotatable bonds is 1. The first-order valence-electron chi connectivity index (χ1n) is 6.35. The summed E-state index contributed by atoms with van der Waals surface area (Å²) in [7, 11) is 0. The van der Waals surface area contributed by atoms with Crippen LogP contribution >= 0.6 is 0 Å². The van der Waals surface area contributed by atoms with E-state index in [9.17, 15) is 0 Å². The lowest BCUT2D eigenvalue weighted by molar-refractivity contribution is 0.844. The summed E-state index contributed by atoms with van der Waals surface area (Å²) >= 11 is 0. The molecule has 3 heterocycles. The standard InChI is InChI=1S/C15H14N4/c16-13-5-4-11-9-18(10-12(11)8-13)15-3-1-2-14-17-6-7-19(14)15/h1-8H,9-10,16H2. The normalized spacial score (nSPS) is 14.0. The number of hydrogen-bond donors (Lipinski definition) is 1. The highest BCUT2D eigenvalue weighted by atomic mass is 15.2. The molecule has 1 aliphatic heterocycles. The van der Waals surface area contributed by atoms with Crippen molar-refractivity contribution in [1.82, 2.24) is 9.38 Å². The maximum atomic E-state index is 5.86. The second-order valence-electron chi connectivity index (χ2n) is 4.92. The molecule has 0 aliphatic carbocycles. The van der Waals surface area contributed by atoms with E-state index < -0.39 is 0 Å². The third-order valence-electron chi connectivity index (χ3n) is 3.68. The summed E-state index contributed by atoms with van der Waals surface area (Å²) in [5.41, 5.74) is 10.3. The van der Waals surface area contributed by atoms with E-state index in [4.69, 9.17) is 5.73 Å².